The van der Waals surface area contributed by atoms with Gasteiger partial charge in [0.05, 0.1) is 12.2 Å². The van der Waals surface area contributed by atoms with Crippen LogP contribution < -0.4 is 10.6 Å². The number of aryl methyl sites for hydroxylation is 2. The molecule has 0 saturated carbocycles. The summed E-state index contributed by atoms with van der Waals surface area (Å²) in [5.74, 6) is 1.20. The minimum absolute atomic E-state index is 0.0181. The van der Waals surface area contributed by atoms with Crippen LogP contribution in [0.1, 0.15) is 29.9 Å². The van der Waals surface area contributed by atoms with Gasteiger partial charge in [-0.05, 0) is 18.4 Å². The zero-order valence-electron chi connectivity index (χ0n) is 18.1. The van der Waals surface area contributed by atoms with Gasteiger partial charge < -0.3 is 20.1 Å². The van der Waals surface area contributed by atoms with Gasteiger partial charge in [-0.15, -0.1) is 0 Å². The molecule has 0 unspecified atom stereocenters. The van der Waals surface area contributed by atoms with Gasteiger partial charge in [0.1, 0.15) is 5.82 Å². The monoisotopic (exact) mass is 424 g/mol. The van der Waals surface area contributed by atoms with E-state index in [1.54, 1.807) is 0 Å². The molecule has 2 aromatic rings. The third-order valence-electron chi connectivity index (χ3n) is 5.98. The van der Waals surface area contributed by atoms with Crippen LogP contribution in [0.4, 0.5) is 4.79 Å². The number of nitrogens with one attached hydrogen (secondary N) is 2. The molecule has 8 heteroatoms. The van der Waals surface area contributed by atoms with Gasteiger partial charge >= 0.3 is 6.03 Å². The van der Waals surface area contributed by atoms with Gasteiger partial charge in [-0.3, -0.25) is 9.69 Å². The smallest absolute Gasteiger partial charge is 0.317 e. The van der Waals surface area contributed by atoms with Crippen molar-refractivity contribution in [1.82, 2.24) is 30.0 Å². The number of carbonyl (C=O) groups is 2. The molecule has 0 atom stereocenters. The van der Waals surface area contributed by atoms with Crippen molar-refractivity contribution >= 4 is 11.9 Å². The van der Waals surface area contributed by atoms with Crippen LogP contribution in [0.2, 0.25) is 0 Å². The molecule has 1 saturated heterocycles. The van der Waals surface area contributed by atoms with Gasteiger partial charge in [-0.1, -0.05) is 30.3 Å². The number of nitrogens with zero attached hydrogens (tertiary/aromatic N) is 4. The molecule has 0 bridgehead atoms. The van der Waals surface area contributed by atoms with E-state index >= 15 is 0 Å². The molecule has 1 aromatic carbocycles. The van der Waals surface area contributed by atoms with Crippen molar-refractivity contribution in [1.29, 1.82) is 0 Å². The lowest BCUT2D eigenvalue weighted by Crippen LogP contribution is -2.53. The number of carbonyl (C=O) groups excluding carboxylic acids is 2. The van der Waals surface area contributed by atoms with Crippen molar-refractivity contribution in [2.45, 2.75) is 38.8 Å². The largest absolute Gasteiger partial charge is 0.351 e. The Labute approximate surface area is 183 Å². The Bertz CT molecular complexity index is 850. The maximum absolute atomic E-state index is 12.5. The zero-order chi connectivity index (χ0) is 21.5. The summed E-state index contributed by atoms with van der Waals surface area (Å²) in [6, 6.07) is 9.86. The number of aromatic nitrogens is 2. The van der Waals surface area contributed by atoms with Crippen LogP contribution in [-0.2, 0) is 30.7 Å². The second kappa shape index (κ2) is 10.4. The van der Waals surface area contributed by atoms with Crippen molar-refractivity contribution in [3.63, 3.8) is 0 Å². The Morgan fingerprint density at radius 2 is 1.77 bits per heavy atom. The highest BCUT2D eigenvalue weighted by Gasteiger charge is 2.22. The number of urea groups is 1. The molecule has 166 valence electrons. The second-order valence-electron chi connectivity index (χ2n) is 8.31. The number of piperazine rings is 1. The fourth-order valence-electron chi connectivity index (χ4n) is 4.17. The summed E-state index contributed by atoms with van der Waals surface area (Å²) in [7, 11) is 0. The predicted octanol–water partition coefficient (Wildman–Crippen LogP) is 1.41. The van der Waals surface area contributed by atoms with Crippen LogP contribution >= 0.6 is 0 Å². The summed E-state index contributed by atoms with van der Waals surface area (Å²) < 4.78 is 2.25. The fourth-order valence-corrected chi connectivity index (χ4v) is 4.17. The molecule has 0 spiro atoms. The van der Waals surface area contributed by atoms with Crippen molar-refractivity contribution in [3.8, 4) is 0 Å². The fraction of sp³-hybridized carbons (Fsp3) is 0.522. The van der Waals surface area contributed by atoms with Gasteiger partial charge in [0, 0.05) is 64.9 Å². The highest BCUT2D eigenvalue weighted by atomic mass is 16.2. The van der Waals surface area contributed by atoms with Gasteiger partial charge in [0.25, 0.3) is 0 Å². The van der Waals surface area contributed by atoms with E-state index in [0.29, 0.717) is 45.8 Å². The number of benzene rings is 1. The third kappa shape index (κ3) is 6.07. The molecule has 2 aliphatic heterocycles. The first kappa shape index (κ1) is 21.4. The van der Waals surface area contributed by atoms with Crippen LogP contribution in [0.5, 0.6) is 0 Å². The molecular weight excluding hydrogens is 392 g/mol. The quantitative estimate of drug-likeness (QED) is 0.704. The summed E-state index contributed by atoms with van der Waals surface area (Å²) in [6.07, 6.45) is 6.38. The van der Waals surface area contributed by atoms with E-state index in [0.717, 1.165) is 30.6 Å². The van der Waals surface area contributed by atoms with Gasteiger partial charge in [-0.2, -0.15) is 0 Å². The van der Waals surface area contributed by atoms with Crippen molar-refractivity contribution in [3.05, 3.63) is 53.6 Å². The predicted molar refractivity (Wildman–Crippen MR) is 119 cm³/mol. The number of hydrogen-bond acceptors (Lipinski definition) is 4. The number of amides is 3. The Balaban J connectivity index is 1.12. The maximum atomic E-state index is 12.5. The molecule has 3 amide bonds. The lowest BCUT2D eigenvalue weighted by Gasteiger charge is -2.34. The number of fused-ring (bicyclic) bond motifs is 1. The minimum atomic E-state index is -0.0304. The first-order valence-corrected chi connectivity index (χ1v) is 11.3. The van der Waals surface area contributed by atoms with Gasteiger partial charge in [-0.25, -0.2) is 9.78 Å². The van der Waals surface area contributed by atoms with E-state index in [4.69, 9.17) is 0 Å². The standard InChI is InChI=1S/C23H32N6O2/c30-22(25-16-19-6-2-1-3-7-19)18-27-12-14-28(15-13-27)23(31)24-10-9-20-17-29-11-5-4-8-21(29)26-20/h1-3,6-7,17H,4-5,8-16,18H2,(H,24,31)(H,25,30). The highest BCUT2D eigenvalue weighted by molar-refractivity contribution is 5.78. The van der Waals surface area contributed by atoms with E-state index in [2.05, 4.69) is 31.3 Å². The molecule has 0 radical (unpaired) electrons. The molecule has 2 aliphatic rings. The third-order valence-corrected chi connectivity index (χ3v) is 5.98. The summed E-state index contributed by atoms with van der Waals surface area (Å²) in [5, 5.41) is 5.98. The van der Waals surface area contributed by atoms with Crippen molar-refractivity contribution < 1.29 is 9.59 Å². The van der Waals surface area contributed by atoms with Crippen LogP contribution in [0.15, 0.2) is 36.5 Å². The molecule has 31 heavy (non-hydrogen) atoms. The minimum Gasteiger partial charge on any atom is -0.351 e. The first-order chi connectivity index (χ1) is 15.2. The Morgan fingerprint density at radius 1 is 0.968 bits per heavy atom. The Kier molecular flexibility index (Phi) is 7.19. The van der Waals surface area contributed by atoms with Crippen molar-refractivity contribution in [2.75, 3.05) is 39.3 Å². The molecule has 1 aromatic heterocycles. The average Bonchev–Trinajstić information content (AvgIpc) is 3.22. The Hall–Kier alpha value is -2.87. The van der Waals surface area contributed by atoms with Crippen molar-refractivity contribution in [2.24, 2.45) is 0 Å². The van der Waals surface area contributed by atoms with Crippen LogP contribution in [-0.4, -0.2) is 70.6 Å². The lowest BCUT2D eigenvalue weighted by molar-refractivity contribution is -0.122. The molecular formula is C23H32N6O2. The number of hydrogen-bond donors (Lipinski definition) is 2. The van der Waals surface area contributed by atoms with E-state index < -0.39 is 0 Å². The van der Waals surface area contributed by atoms with Gasteiger partial charge in [0.15, 0.2) is 0 Å². The highest BCUT2D eigenvalue weighted by Crippen LogP contribution is 2.14. The first-order valence-electron chi connectivity index (χ1n) is 11.3. The van der Waals surface area contributed by atoms with E-state index in [9.17, 15) is 9.59 Å². The summed E-state index contributed by atoms with van der Waals surface area (Å²) >= 11 is 0. The molecule has 2 N–H and O–H groups in total. The van der Waals surface area contributed by atoms with E-state index in [-0.39, 0.29) is 11.9 Å². The summed E-state index contributed by atoms with van der Waals surface area (Å²) in [4.78, 5) is 33.3. The molecule has 3 heterocycles. The maximum Gasteiger partial charge on any atom is 0.317 e. The van der Waals surface area contributed by atoms with Gasteiger partial charge in [0.2, 0.25) is 5.91 Å². The molecule has 8 nitrogen and oxygen atoms in total. The van der Waals surface area contributed by atoms with E-state index in [1.807, 2.05) is 35.2 Å². The average molecular weight is 425 g/mol. The summed E-state index contributed by atoms with van der Waals surface area (Å²) in [6.45, 7) is 5.25. The second-order valence-corrected chi connectivity index (χ2v) is 8.31. The Morgan fingerprint density at radius 3 is 2.55 bits per heavy atom. The summed E-state index contributed by atoms with van der Waals surface area (Å²) in [5.41, 5.74) is 2.15. The zero-order valence-corrected chi connectivity index (χ0v) is 18.1. The SMILES string of the molecule is O=C(CN1CCN(C(=O)NCCc2cn3c(n2)CCCC3)CC1)NCc1ccccc1. The van der Waals surface area contributed by atoms with Crippen LogP contribution in [0.3, 0.4) is 0 Å². The molecule has 0 aliphatic carbocycles. The van der Waals surface area contributed by atoms with E-state index in [1.165, 1.54) is 18.7 Å². The number of rotatable bonds is 7. The normalized spacial score (nSPS) is 16.6. The molecule has 4 rings (SSSR count). The van der Waals surface area contributed by atoms with Crippen LogP contribution in [0, 0.1) is 0 Å². The topological polar surface area (TPSA) is 82.5 Å². The molecule has 1 fully saturated rings. The lowest BCUT2D eigenvalue weighted by atomic mass is 10.2. The van der Waals surface area contributed by atoms with Crippen LogP contribution in [0.25, 0.3) is 0 Å². The number of imidazole rings is 1.